The van der Waals surface area contributed by atoms with Crippen molar-refractivity contribution in [2.75, 3.05) is 5.32 Å². The molecule has 1 unspecified atom stereocenters. The Balaban J connectivity index is 1.81. The summed E-state index contributed by atoms with van der Waals surface area (Å²) in [7, 11) is 0. The maximum Gasteiger partial charge on any atom is 0.390 e. The first-order valence-corrected chi connectivity index (χ1v) is 10.9. The van der Waals surface area contributed by atoms with Gasteiger partial charge in [0.1, 0.15) is 0 Å². The molecule has 1 fully saturated rings. The Kier molecular flexibility index (Phi) is 7.72. The fourth-order valence-electron chi connectivity index (χ4n) is 3.86. The Hall–Kier alpha value is -2.25. The van der Waals surface area contributed by atoms with Gasteiger partial charge in [-0.25, -0.2) is 0 Å². The number of amides is 1. The second-order valence-corrected chi connectivity index (χ2v) is 8.91. The summed E-state index contributed by atoms with van der Waals surface area (Å²) in [6.07, 6.45) is -2.95. The molecule has 32 heavy (non-hydrogen) atoms. The molecule has 0 spiro atoms. The van der Waals surface area contributed by atoms with E-state index in [4.69, 9.17) is 23.2 Å². The zero-order chi connectivity index (χ0) is 23.5. The van der Waals surface area contributed by atoms with Crippen molar-refractivity contribution in [1.82, 2.24) is 0 Å². The highest BCUT2D eigenvalue weighted by atomic mass is 35.5. The molecule has 0 saturated heterocycles. The van der Waals surface area contributed by atoms with Crippen LogP contribution in [-0.2, 0) is 16.0 Å². The van der Waals surface area contributed by atoms with E-state index in [0.717, 1.165) is 19.3 Å². The number of alkyl halides is 3. The van der Waals surface area contributed by atoms with E-state index in [0.29, 0.717) is 10.6 Å². The maximum atomic E-state index is 13.2. The van der Waals surface area contributed by atoms with E-state index in [9.17, 15) is 27.9 Å². The molecule has 9 heteroatoms. The zero-order valence-electron chi connectivity index (χ0n) is 17.0. The van der Waals surface area contributed by atoms with Crippen LogP contribution in [0.5, 0.6) is 0 Å². The van der Waals surface area contributed by atoms with Crippen molar-refractivity contribution < 1.29 is 27.9 Å². The molecule has 1 aliphatic carbocycles. The largest absolute Gasteiger partial charge is 0.481 e. The first-order chi connectivity index (χ1) is 15.0. The van der Waals surface area contributed by atoms with E-state index in [1.165, 1.54) is 36.4 Å². The minimum Gasteiger partial charge on any atom is -0.481 e. The molecule has 0 aromatic heterocycles. The van der Waals surface area contributed by atoms with Gasteiger partial charge < -0.3 is 10.4 Å². The number of carbonyl (C=O) groups excluding carboxylic acids is 1. The fraction of sp³-hybridized carbons (Fsp3) is 0.391. The number of carboxylic acids is 1. The lowest BCUT2D eigenvalue weighted by molar-refractivity contribution is -0.146. The lowest BCUT2D eigenvalue weighted by atomic mass is 9.73. The number of benzene rings is 2. The van der Waals surface area contributed by atoms with Crippen molar-refractivity contribution in [2.45, 2.75) is 44.2 Å². The van der Waals surface area contributed by atoms with E-state index in [2.05, 4.69) is 5.32 Å². The number of rotatable bonds is 8. The van der Waals surface area contributed by atoms with Crippen LogP contribution in [-0.4, -0.2) is 23.2 Å². The van der Waals surface area contributed by atoms with Crippen LogP contribution in [0, 0.1) is 11.8 Å². The molecular formula is C23H22Cl2F3NO3. The Bertz CT molecular complexity index is 975. The topological polar surface area (TPSA) is 66.4 Å². The normalized spacial score (nSPS) is 16.2. The summed E-state index contributed by atoms with van der Waals surface area (Å²) in [5.74, 6) is -3.70. The summed E-state index contributed by atoms with van der Waals surface area (Å²) in [5, 5.41) is 12.5. The molecule has 2 atom stereocenters. The van der Waals surface area contributed by atoms with Crippen LogP contribution in [0.2, 0.25) is 10.0 Å². The third kappa shape index (κ3) is 6.39. The molecular weight excluding hydrogens is 466 g/mol. The van der Waals surface area contributed by atoms with Crippen LogP contribution in [0.4, 0.5) is 18.9 Å². The average molecular weight is 488 g/mol. The number of anilines is 1. The monoisotopic (exact) mass is 487 g/mol. The second-order valence-electron chi connectivity index (χ2n) is 8.07. The number of carbonyl (C=O) groups is 2. The number of nitrogens with one attached hydrogen (secondary N) is 1. The van der Waals surface area contributed by atoms with Gasteiger partial charge in [0.05, 0.1) is 29.0 Å². The average Bonchev–Trinajstić information content (AvgIpc) is 2.66. The number of hydrogen-bond acceptors (Lipinski definition) is 2. The van der Waals surface area contributed by atoms with Gasteiger partial charge in [0.25, 0.3) is 0 Å². The van der Waals surface area contributed by atoms with Gasteiger partial charge in [0.15, 0.2) is 0 Å². The van der Waals surface area contributed by atoms with Gasteiger partial charge in [0.2, 0.25) is 5.91 Å². The van der Waals surface area contributed by atoms with Gasteiger partial charge >= 0.3 is 12.1 Å². The van der Waals surface area contributed by atoms with E-state index >= 15 is 0 Å². The summed E-state index contributed by atoms with van der Waals surface area (Å²) < 4.78 is 39.5. The highest BCUT2D eigenvalue weighted by Crippen LogP contribution is 2.37. The summed E-state index contributed by atoms with van der Waals surface area (Å²) in [5.41, 5.74) is 0.961. The minimum atomic E-state index is -4.56. The highest BCUT2D eigenvalue weighted by molar-refractivity contribution is 6.33. The second kappa shape index (κ2) is 10.1. The SMILES string of the molecule is O=C(O)C(Cc1ccc(Cl)c(NC(=O)[C@@H](CC(F)(F)F)c2ccc(Cl)cc2)c1)C1CCC1. The quantitative estimate of drug-likeness (QED) is 0.434. The molecule has 2 aromatic rings. The van der Waals surface area contributed by atoms with Gasteiger partial charge in [0, 0.05) is 5.02 Å². The first-order valence-electron chi connectivity index (χ1n) is 10.2. The maximum absolute atomic E-state index is 13.2. The van der Waals surface area contributed by atoms with Crippen molar-refractivity contribution in [1.29, 1.82) is 0 Å². The van der Waals surface area contributed by atoms with Crippen LogP contribution >= 0.6 is 23.2 Å². The molecule has 0 heterocycles. The fourth-order valence-corrected chi connectivity index (χ4v) is 4.15. The van der Waals surface area contributed by atoms with Crippen molar-refractivity contribution in [3.8, 4) is 0 Å². The molecule has 2 N–H and O–H groups in total. The number of aliphatic carboxylic acids is 1. The lowest BCUT2D eigenvalue weighted by Crippen LogP contribution is -2.30. The van der Waals surface area contributed by atoms with Gasteiger partial charge in [-0.15, -0.1) is 0 Å². The zero-order valence-corrected chi connectivity index (χ0v) is 18.5. The van der Waals surface area contributed by atoms with Crippen molar-refractivity contribution in [3.63, 3.8) is 0 Å². The third-order valence-electron chi connectivity index (χ3n) is 5.80. The van der Waals surface area contributed by atoms with Crippen LogP contribution in [0.3, 0.4) is 0 Å². The van der Waals surface area contributed by atoms with Crippen molar-refractivity contribution in [2.24, 2.45) is 11.8 Å². The standard InChI is InChI=1S/C23H22Cl2F3NO3/c24-16-7-5-15(6-8-16)18(12-23(26,27)28)21(30)29-20-11-13(4-9-19(20)25)10-17(22(31)32)14-2-1-3-14/h4-9,11,14,17-18H,1-3,10,12H2,(H,29,30)(H,31,32)/t17?,18-/m0/s1. The predicted molar refractivity (Wildman–Crippen MR) is 117 cm³/mol. The predicted octanol–water partition coefficient (Wildman–Crippen LogP) is 6.71. The third-order valence-corrected chi connectivity index (χ3v) is 6.39. The van der Waals surface area contributed by atoms with Gasteiger partial charge in [-0.3, -0.25) is 9.59 Å². The molecule has 1 amide bonds. The van der Waals surface area contributed by atoms with Crippen LogP contribution < -0.4 is 5.32 Å². The smallest absolute Gasteiger partial charge is 0.390 e. The van der Waals surface area contributed by atoms with E-state index in [1.807, 2.05) is 0 Å². The Morgan fingerprint density at radius 3 is 2.28 bits per heavy atom. The van der Waals surface area contributed by atoms with Crippen LogP contribution in [0.1, 0.15) is 42.7 Å². The molecule has 3 rings (SSSR count). The number of hydrogen-bond donors (Lipinski definition) is 2. The van der Waals surface area contributed by atoms with Gasteiger partial charge in [-0.1, -0.05) is 47.8 Å². The van der Waals surface area contributed by atoms with E-state index in [1.54, 1.807) is 6.07 Å². The molecule has 4 nitrogen and oxygen atoms in total. The molecule has 1 saturated carbocycles. The lowest BCUT2D eigenvalue weighted by Gasteiger charge is -2.31. The molecule has 0 bridgehead atoms. The molecule has 1 aliphatic rings. The van der Waals surface area contributed by atoms with Crippen LogP contribution in [0.15, 0.2) is 42.5 Å². The molecule has 0 aliphatic heterocycles. The number of carboxylic acid groups (broad SMARTS) is 1. The van der Waals surface area contributed by atoms with Crippen molar-refractivity contribution in [3.05, 3.63) is 63.6 Å². The molecule has 2 aromatic carbocycles. The summed E-state index contributed by atoms with van der Waals surface area (Å²) >= 11 is 12.0. The Labute approximate surface area is 193 Å². The first kappa shape index (κ1) is 24.4. The van der Waals surface area contributed by atoms with Gasteiger partial charge in [-0.2, -0.15) is 13.2 Å². The Morgan fingerprint density at radius 2 is 1.75 bits per heavy atom. The summed E-state index contributed by atoms with van der Waals surface area (Å²) in [4.78, 5) is 24.5. The number of halogens is 5. The minimum absolute atomic E-state index is 0.0993. The van der Waals surface area contributed by atoms with Gasteiger partial charge in [-0.05, 0) is 60.6 Å². The highest BCUT2D eigenvalue weighted by Gasteiger charge is 2.37. The Morgan fingerprint density at radius 1 is 1.09 bits per heavy atom. The van der Waals surface area contributed by atoms with E-state index < -0.39 is 36.3 Å². The molecule has 0 radical (unpaired) electrons. The summed E-state index contributed by atoms with van der Waals surface area (Å²) in [6.45, 7) is 0. The van der Waals surface area contributed by atoms with E-state index in [-0.39, 0.29) is 28.6 Å². The molecule has 172 valence electrons. The van der Waals surface area contributed by atoms with Crippen molar-refractivity contribution >= 4 is 40.8 Å². The summed E-state index contributed by atoms with van der Waals surface area (Å²) in [6, 6.07) is 10.3. The van der Waals surface area contributed by atoms with Crippen LogP contribution in [0.25, 0.3) is 0 Å².